The largest absolute Gasteiger partial charge is 0.488 e. The Labute approximate surface area is 215 Å². The molecule has 1 aliphatic rings. The maximum absolute atomic E-state index is 13.6. The first-order valence-electron chi connectivity index (χ1n) is 11.7. The molecule has 188 valence electrons. The van der Waals surface area contributed by atoms with Gasteiger partial charge in [0.05, 0.1) is 20.1 Å². The summed E-state index contributed by atoms with van der Waals surface area (Å²) in [6.07, 6.45) is 0.514. The summed E-state index contributed by atoms with van der Waals surface area (Å²) >= 11 is 1.34. The van der Waals surface area contributed by atoms with Gasteiger partial charge in [0.2, 0.25) is 10.0 Å². The number of rotatable bonds is 7. The number of carbonyl (C=O) groups is 1. The third-order valence-corrected chi connectivity index (χ3v) is 9.38. The molecule has 0 amide bonds. The molecule has 1 aliphatic heterocycles. The molecule has 2 heterocycles. The van der Waals surface area contributed by atoms with E-state index in [1.165, 1.54) is 22.8 Å². The summed E-state index contributed by atoms with van der Waals surface area (Å²) < 4.78 is 39.7. The lowest BCUT2D eigenvalue weighted by atomic mass is 9.91. The summed E-state index contributed by atoms with van der Waals surface area (Å²) in [6, 6.07) is 18.3. The minimum absolute atomic E-state index is 0.117. The second kappa shape index (κ2) is 10.8. The predicted octanol–water partition coefficient (Wildman–Crippen LogP) is 4.99. The highest BCUT2D eigenvalue weighted by molar-refractivity contribution is 7.89. The summed E-state index contributed by atoms with van der Waals surface area (Å²) in [5, 5.41) is 9.27. The average molecular weight is 525 g/mol. The van der Waals surface area contributed by atoms with E-state index in [-0.39, 0.29) is 42.4 Å². The minimum Gasteiger partial charge on any atom is -0.488 e. The number of fused-ring (bicyclic) bond motifs is 1. The molecule has 0 spiro atoms. The van der Waals surface area contributed by atoms with E-state index in [1.54, 1.807) is 30.3 Å². The zero-order valence-electron chi connectivity index (χ0n) is 20.4. The molecular weight excluding hydrogens is 496 g/mol. The predicted molar refractivity (Wildman–Crippen MR) is 137 cm³/mol. The number of nitriles is 1. The molecule has 3 aromatic rings. The Bertz CT molecular complexity index is 1410. The lowest BCUT2D eigenvalue weighted by molar-refractivity contribution is -0.140. The van der Waals surface area contributed by atoms with Gasteiger partial charge in [-0.15, -0.1) is 11.3 Å². The maximum Gasteiger partial charge on any atom is 0.306 e. The van der Waals surface area contributed by atoms with Crippen LogP contribution in [0.2, 0.25) is 0 Å². The topological polar surface area (TPSA) is 96.7 Å². The van der Waals surface area contributed by atoms with Crippen molar-refractivity contribution >= 4 is 27.3 Å². The Kier molecular flexibility index (Phi) is 7.79. The van der Waals surface area contributed by atoms with Gasteiger partial charge in [-0.3, -0.25) is 4.79 Å². The monoisotopic (exact) mass is 524 g/mol. The van der Waals surface area contributed by atoms with Crippen molar-refractivity contribution in [3.8, 4) is 11.8 Å². The number of hydrogen-bond acceptors (Lipinski definition) is 7. The second-order valence-electron chi connectivity index (χ2n) is 8.72. The highest BCUT2D eigenvalue weighted by Crippen LogP contribution is 2.36. The number of ether oxygens (including phenoxy) is 2. The SMILES string of the molecule is CC[C@@H]1CN(Cc2cc(C(CC(=O)OC)c3ccc(C#N)s3)ccc2C)S(=O)(=O)c2ccccc2O1. The third kappa shape index (κ3) is 5.31. The molecule has 4 rings (SSSR count). The van der Waals surface area contributed by atoms with Gasteiger partial charge in [0.1, 0.15) is 27.7 Å². The zero-order valence-corrected chi connectivity index (χ0v) is 22.1. The Morgan fingerprint density at radius 2 is 2.03 bits per heavy atom. The van der Waals surface area contributed by atoms with Gasteiger partial charge < -0.3 is 9.47 Å². The molecule has 0 bridgehead atoms. The number of esters is 1. The number of para-hydroxylation sites is 1. The molecule has 2 aromatic carbocycles. The van der Waals surface area contributed by atoms with Crippen LogP contribution in [-0.2, 0) is 26.1 Å². The van der Waals surface area contributed by atoms with E-state index in [4.69, 9.17) is 9.47 Å². The number of methoxy groups -OCH3 is 1. The van der Waals surface area contributed by atoms with E-state index >= 15 is 0 Å². The van der Waals surface area contributed by atoms with Gasteiger partial charge in [-0.2, -0.15) is 9.57 Å². The smallest absolute Gasteiger partial charge is 0.306 e. The first-order chi connectivity index (χ1) is 17.3. The quantitative estimate of drug-likeness (QED) is 0.404. The third-order valence-electron chi connectivity index (χ3n) is 6.42. The van der Waals surface area contributed by atoms with Crippen LogP contribution >= 0.6 is 11.3 Å². The lowest BCUT2D eigenvalue weighted by Crippen LogP contribution is -2.36. The van der Waals surface area contributed by atoms with Gasteiger partial charge in [-0.05, 0) is 54.3 Å². The zero-order chi connectivity index (χ0) is 25.9. The van der Waals surface area contributed by atoms with Crippen molar-refractivity contribution in [3.05, 3.63) is 81.0 Å². The first-order valence-corrected chi connectivity index (χ1v) is 13.9. The molecule has 1 unspecified atom stereocenters. The van der Waals surface area contributed by atoms with Crippen LogP contribution in [0.3, 0.4) is 0 Å². The molecule has 2 atom stereocenters. The van der Waals surface area contributed by atoms with Crippen molar-refractivity contribution < 1.29 is 22.7 Å². The molecule has 0 N–H and O–H groups in total. The van der Waals surface area contributed by atoms with E-state index in [0.29, 0.717) is 17.0 Å². The van der Waals surface area contributed by atoms with Crippen molar-refractivity contribution in [2.75, 3.05) is 13.7 Å². The molecule has 0 aliphatic carbocycles. The molecule has 36 heavy (non-hydrogen) atoms. The summed E-state index contributed by atoms with van der Waals surface area (Å²) in [5.74, 6) is -0.290. The fourth-order valence-electron chi connectivity index (χ4n) is 4.31. The van der Waals surface area contributed by atoms with Crippen LogP contribution in [0, 0.1) is 18.3 Å². The number of hydrogen-bond donors (Lipinski definition) is 0. The summed E-state index contributed by atoms with van der Waals surface area (Å²) in [7, 11) is -2.43. The second-order valence-corrected chi connectivity index (χ2v) is 11.7. The van der Waals surface area contributed by atoms with Crippen molar-refractivity contribution in [3.63, 3.8) is 0 Å². The Morgan fingerprint density at radius 1 is 1.25 bits per heavy atom. The van der Waals surface area contributed by atoms with Crippen LogP contribution in [0.5, 0.6) is 5.75 Å². The van der Waals surface area contributed by atoms with Crippen molar-refractivity contribution in [1.29, 1.82) is 5.26 Å². The normalized spacial score (nSPS) is 17.8. The number of aryl methyl sites for hydroxylation is 1. The van der Waals surface area contributed by atoms with Crippen LogP contribution in [-0.4, -0.2) is 38.5 Å². The van der Waals surface area contributed by atoms with E-state index in [2.05, 4.69) is 6.07 Å². The van der Waals surface area contributed by atoms with Crippen LogP contribution < -0.4 is 4.74 Å². The van der Waals surface area contributed by atoms with Gasteiger partial charge >= 0.3 is 5.97 Å². The van der Waals surface area contributed by atoms with E-state index in [9.17, 15) is 18.5 Å². The fraction of sp³-hybridized carbons (Fsp3) is 0.333. The molecule has 0 fully saturated rings. The summed E-state index contributed by atoms with van der Waals surface area (Å²) in [6.45, 7) is 4.33. The van der Waals surface area contributed by atoms with Crippen LogP contribution in [0.15, 0.2) is 59.5 Å². The molecule has 1 aromatic heterocycles. The van der Waals surface area contributed by atoms with Crippen LogP contribution in [0.1, 0.15) is 52.1 Å². The molecule has 0 saturated carbocycles. The van der Waals surface area contributed by atoms with Gasteiger partial charge in [0.25, 0.3) is 0 Å². The van der Waals surface area contributed by atoms with Gasteiger partial charge in [-0.1, -0.05) is 37.3 Å². The Morgan fingerprint density at radius 3 is 2.72 bits per heavy atom. The molecular formula is C27H28N2O5S2. The molecule has 9 heteroatoms. The van der Waals surface area contributed by atoms with E-state index < -0.39 is 10.0 Å². The standard InChI is InChI=1S/C27H28N2O5S2/c1-4-21-17-29(36(31,32)26-8-6-5-7-24(26)34-21)16-20-13-19(10-9-18(20)2)23(14-27(30)33-3)25-12-11-22(15-28)35-25/h5-13,21,23H,4,14,16-17H2,1-3H3/t21-,23?/m1/s1. The van der Waals surface area contributed by atoms with Crippen LogP contribution in [0.25, 0.3) is 0 Å². The fourth-order valence-corrected chi connectivity index (χ4v) is 6.81. The first kappa shape index (κ1) is 25.9. The number of sulfonamides is 1. The maximum atomic E-state index is 13.6. The summed E-state index contributed by atoms with van der Waals surface area (Å²) in [4.78, 5) is 13.8. The van der Waals surface area contributed by atoms with E-state index in [0.717, 1.165) is 21.6 Å². The van der Waals surface area contributed by atoms with Crippen molar-refractivity contribution in [1.82, 2.24) is 4.31 Å². The average Bonchev–Trinajstić information content (AvgIpc) is 3.32. The lowest BCUT2D eigenvalue weighted by Gasteiger charge is -2.24. The summed E-state index contributed by atoms with van der Waals surface area (Å²) in [5.41, 5.74) is 2.65. The van der Waals surface area contributed by atoms with Gasteiger partial charge in [0, 0.05) is 17.3 Å². The molecule has 0 saturated heterocycles. The minimum atomic E-state index is -3.79. The van der Waals surface area contributed by atoms with E-state index in [1.807, 2.05) is 38.1 Å². The molecule has 7 nitrogen and oxygen atoms in total. The number of nitrogens with zero attached hydrogens (tertiary/aromatic N) is 2. The Balaban J connectivity index is 1.73. The van der Waals surface area contributed by atoms with Crippen molar-refractivity contribution in [2.45, 2.75) is 50.2 Å². The van der Waals surface area contributed by atoms with Gasteiger partial charge in [0.15, 0.2) is 0 Å². The number of thiophene rings is 1. The van der Waals surface area contributed by atoms with Crippen molar-refractivity contribution in [2.24, 2.45) is 0 Å². The highest BCUT2D eigenvalue weighted by atomic mass is 32.2. The molecule has 0 radical (unpaired) electrons. The van der Waals surface area contributed by atoms with Crippen LogP contribution in [0.4, 0.5) is 0 Å². The number of carbonyl (C=O) groups excluding carboxylic acids is 1. The van der Waals surface area contributed by atoms with Gasteiger partial charge in [-0.25, -0.2) is 8.42 Å². The Hall–Kier alpha value is -3.19. The number of benzene rings is 2. The highest BCUT2D eigenvalue weighted by Gasteiger charge is 2.34.